The number of nitrogens with two attached hydrogens (primary N) is 1. The summed E-state index contributed by atoms with van der Waals surface area (Å²) >= 11 is 1.23. The number of nitrogens with zero attached hydrogens (tertiary/aromatic N) is 1. The van der Waals surface area contributed by atoms with Crippen LogP contribution in [0, 0.1) is 0 Å². The second kappa shape index (κ2) is 7.45. The number of hydrogen-bond acceptors (Lipinski definition) is 6. The van der Waals surface area contributed by atoms with Gasteiger partial charge in [0.1, 0.15) is 0 Å². The second-order valence-corrected chi connectivity index (χ2v) is 6.56. The minimum atomic E-state index is -0.481. The number of rotatable bonds is 3. The summed E-state index contributed by atoms with van der Waals surface area (Å²) in [4.78, 5) is 29.2. The van der Waals surface area contributed by atoms with Gasteiger partial charge < -0.3 is 15.8 Å². The number of allylic oxidation sites excluding steroid dienone is 1. The van der Waals surface area contributed by atoms with Gasteiger partial charge in [0.15, 0.2) is 5.17 Å². The van der Waals surface area contributed by atoms with Crippen LogP contribution >= 0.6 is 11.8 Å². The smallest absolute Gasteiger partial charge is 0.340 e. The van der Waals surface area contributed by atoms with Crippen molar-refractivity contribution < 1.29 is 14.3 Å². The summed E-state index contributed by atoms with van der Waals surface area (Å²) in [5.74, 6) is -0.713. The highest BCUT2D eigenvalue weighted by molar-refractivity contribution is 8.18. The fourth-order valence-corrected chi connectivity index (χ4v) is 3.38. The van der Waals surface area contributed by atoms with Gasteiger partial charge in [-0.1, -0.05) is 24.3 Å². The molecule has 0 atom stereocenters. The first kappa shape index (κ1) is 17.8. The van der Waals surface area contributed by atoms with Gasteiger partial charge in [0.25, 0.3) is 5.91 Å². The van der Waals surface area contributed by atoms with Crippen molar-refractivity contribution in [2.45, 2.75) is 6.92 Å². The third kappa shape index (κ3) is 3.62. The Kier molecular flexibility index (Phi) is 5.09. The number of benzene rings is 2. The van der Waals surface area contributed by atoms with Gasteiger partial charge in [-0.05, 0) is 54.1 Å². The lowest BCUT2D eigenvalue weighted by atomic mass is 10.1. The molecule has 7 heteroatoms. The normalized spacial score (nSPS) is 17.2. The number of amidine groups is 1. The molecule has 1 heterocycles. The summed E-state index contributed by atoms with van der Waals surface area (Å²) in [5.41, 5.74) is 8.91. The summed E-state index contributed by atoms with van der Waals surface area (Å²) in [6.07, 6.45) is 0. The molecule has 0 aromatic heterocycles. The molecule has 26 heavy (non-hydrogen) atoms. The fraction of sp³-hybridized carbons (Fsp3) is 0.105. The van der Waals surface area contributed by atoms with Crippen LogP contribution < -0.4 is 11.1 Å². The predicted octanol–water partition coefficient (Wildman–Crippen LogP) is 3.34. The third-order valence-corrected chi connectivity index (χ3v) is 4.90. The number of amides is 1. The highest BCUT2D eigenvalue weighted by Gasteiger charge is 2.27. The molecule has 0 bridgehead atoms. The SMILES string of the molecule is COC(=O)c1ccccc1N=C1NC(=O)/C(=C(\C)c2cccc(N)c2)S1. The molecule has 6 nitrogen and oxygen atoms in total. The molecule has 2 aromatic carbocycles. The average molecular weight is 367 g/mol. The zero-order chi connectivity index (χ0) is 18.7. The number of carbonyl (C=O) groups excluding carboxylic acids is 2. The van der Waals surface area contributed by atoms with E-state index >= 15 is 0 Å². The number of esters is 1. The molecule has 1 aliphatic rings. The fourth-order valence-electron chi connectivity index (χ4n) is 2.49. The van der Waals surface area contributed by atoms with Gasteiger partial charge in [0.2, 0.25) is 0 Å². The number of methoxy groups -OCH3 is 1. The first-order valence-corrected chi connectivity index (χ1v) is 8.63. The summed E-state index contributed by atoms with van der Waals surface area (Å²) in [6, 6.07) is 14.2. The number of hydrogen-bond donors (Lipinski definition) is 2. The minimum Gasteiger partial charge on any atom is -0.465 e. The van der Waals surface area contributed by atoms with Crippen LogP contribution in [0.4, 0.5) is 11.4 Å². The summed E-state index contributed by atoms with van der Waals surface area (Å²) in [6.45, 7) is 1.86. The van der Waals surface area contributed by atoms with E-state index in [2.05, 4.69) is 10.3 Å². The number of para-hydroxylation sites is 1. The number of nitrogens with one attached hydrogen (secondary N) is 1. The molecule has 0 aliphatic carbocycles. The maximum Gasteiger partial charge on any atom is 0.340 e. The van der Waals surface area contributed by atoms with Crippen molar-refractivity contribution in [2.75, 3.05) is 12.8 Å². The molecule has 3 rings (SSSR count). The minimum absolute atomic E-state index is 0.232. The Hall–Kier alpha value is -3.06. The molecule has 3 N–H and O–H groups in total. The molecule has 132 valence electrons. The predicted molar refractivity (Wildman–Crippen MR) is 104 cm³/mol. The zero-order valence-electron chi connectivity index (χ0n) is 14.3. The van der Waals surface area contributed by atoms with Crippen LogP contribution in [-0.4, -0.2) is 24.2 Å². The van der Waals surface area contributed by atoms with Crippen LogP contribution in [0.15, 0.2) is 58.4 Å². The Morgan fingerprint density at radius 1 is 1.19 bits per heavy atom. The van der Waals surface area contributed by atoms with Crippen molar-refractivity contribution in [3.05, 3.63) is 64.6 Å². The van der Waals surface area contributed by atoms with E-state index in [1.165, 1.54) is 18.9 Å². The highest BCUT2D eigenvalue weighted by Crippen LogP contribution is 2.33. The van der Waals surface area contributed by atoms with Gasteiger partial charge in [-0.3, -0.25) is 4.79 Å². The summed E-state index contributed by atoms with van der Waals surface area (Å²) in [5, 5.41) is 3.14. The van der Waals surface area contributed by atoms with E-state index in [0.29, 0.717) is 27.0 Å². The van der Waals surface area contributed by atoms with Crippen molar-refractivity contribution >= 4 is 45.8 Å². The maximum atomic E-state index is 12.4. The van der Waals surface area contributed by atoms with E-state index in [-0.39, 0.29) is 5.91 Å². The maximum absolute atomic E-state index is 12.4. The van der Waals surface area contributed by atoms with Crippen molar-refractivity contribution in [2.24, 2.45) is 4.99 Å². The Bertz CT molecular complexity index is 951. The van der Waals surface area contributed by atoms with E-state index in [9.17, 15) is 9.59 Å². The Labute approximate surface area is 155 Å². The largest absolute Gasteiger partial charge is 0.465 e. The summed E-state index contributed by atoms with van der Waals surface area (Å²) < 4.78 is 4.77. The second-order valence-electron chi connectivity index (χ2n) is 5.56. The first-order chi connectivity index (χ1) is 12.5. The number of nitrogen functional groups attached to an aromatic ring is 1. The summed E-state index contributed by atoms with van der Waals surface area (Å²) in [7, 11) is 1.31. The van der Waals surface area contributed by atoms with Crippen LogP contribution in [0.1, 0.15) is 22.8 Å². The van der Waals surface area contributed by atoms with Crippen molar-refractivity contribution in [3.8, 4) is 0 Å². The quantitative estimate of drug-likeness (QED) is 0.493. The standard InChI is InChI=1S/C19H17N3O3S/c1-11(12-6-5-7-13(20)10-12)16-17(23)22-19(26-16)21-15-9-4-3-8-14(15)18(24)25-2/h3-10H,20H2,1-2H3,(H,21,22,23)/b16-11-. The topological polar surface area (TPSA) is 93.8 Å². The van der Waals surface area contributed by atoms with Crippen molar-refractivity contribution in [3.63, 3.8) is 0 Å². The molecule has 0 spiro atoms. The number of thioether (sulfide) groups is 1. The first-order valence-electron chi connectivity index (χ1n) is 7.81. The van der Waals surface area contributed by atoms with Gasteiger partial charge in [0.05, 0.1) is 23.3 Å². The van der Waals surface area contributed by atoms with Gasteiger partial charge >= 0.3 is 5.97 Å². The van der Waals surface area contributed by atoms with E-state index < -0.39 is 5.97 Å². The lowest BCUT2D eigenvalue weighted by Crippen LogP contribution is -2.19. The van der Waals surface area contributed by atoms with Crippen LogP contribution in [0.25, 0.3) is 5.57 Å². The van der Waals surface area contributed by atoms with Gasteiger partial charge in [-0.15, -0.1) is 0 Å². The number of ether oxygens (including phenoxy) is 1. The lowest BCUT2D eigenvalue weighted by Gasteiger charge is -2.05. The Morgan fingerprint density at radius 2 is 1.96 bits per heavy atom. The average Bonchev–Trinajstić information content (AvgIpc) is 3.01. The molecule has 1 aliphatic heterocycles. The van der Waals surface area contributed by atoms with E-state index in [1.807, 2.05) is 25.1 Å². The molecule has 1 amide bonds. The van der Waals surface area contributed by atoms with E-state index in [0.717, 1.165) is 11.1 Å². The van der Waals surface area contributed by atoms with E-state index in [1.54, 1.807) is 30.3 Å². The third-order valence-electron chi connectivity index (χ3n) is 3.82. The molecule has 1 saturated heterocycles. The van der Waals surface area contributed by atoms with Gasteiger partial charge in [0, 0.05) is 5.69 Å². The molecule has 0 radical (unpaired) electrons. The van der Waals surface area contributed by atoms with Crippen LogP contribution in [0.3, 0.4) is 0 Å². The zero-order valence-corrected chi connectivity index (χ0v) is 15.1. The number of anilines is 1. The molecular formula is C19H17N3O3S. The van der Waals surface area contributed by atoms with Crippen LogP contribution in [0.2, 0.25) is 0 Å². The van der Waals surface area contributed by atoms with Crippen molar-refractivity contribution in [1.29, 1.82) is 0 Å². The number of aliphatic imine (C=N–C) groups is 1. The van der Waals surface area contributed by atoms with Gasteiger partial charge in [-0.25, -0.2) is 9.79 Å². The van der Waals surface area contributed by atoms with Crippen LogP contribution in [0.5, 0.6) is 0 Å². The van der Waals surface area contributed by atoms with Crippen molar-refractivity contribution in [1.82, 2.24) is 5.32 Å². The van der Waals surface area contributed by atoms with Gasteiger partial charge in [-0.2, -0.15) is 0 Å². The molecule has 1 fully saturated rings. The Balaban J connectivity index is 1.95. The molecule has 2 aromatic rings. The molecule has 0 saturated carbocycles. The monoisotopic (exact) mass is 367 g/mol. The molecule has 0 unspecified atom stereocenters. The lowest BCUT2D eigenvalue weighted by molar-refractivity contribution is -0.115. The molecular weight excluding hydrogens is 350 g/mol. The Morgan fingerprint density at radius 3 is 2.69 bits per heavy atom. The van der Waals surface area contributed by atoms with E-state index in [4.69, 9.17) is 10.5 Å². The van der Waals surface area contributed by atoms with Crippen LogP contribution in [-0.2, 0) is 9.53 Å². The highest BCUT2D eigenvalue weighted by atomic mass is 32.2. The number of carbonyl (C=O) groups is 2.